The number of nitrogens with two attached hydrogens (primary N) is 1. The fourth-order valence-corrected chi connectivity index (χ4v) is 1.47. The molecule has 1 heterocycles. The smallest absolute Gasteiger partial charge is 0.129 e. The van der Waals surface area contributed by atoms with Gasteiger partial charge in [-0.15, -0.1) is 0 Å². The summed E-state index contributed by atoms with van der Waals surface area (Å²) in [7, 11) is 0. The van der Waals surface area contributed by atoms with Gasteiger partial charge in [-0.25, -0.2) is 4.98 Å². The van der Waals surface area contributed by atoms with Crippen LogP contribution in [0, 0.1) is 0 Å². The van der Waals surface area contributed by atoms with Gasteiger partial charge in [0.15, 0.2) is 0 Å². The Morgan fingerprint density at radius 1 is 1.29 bits per heavy atom. The monoisotopic (exact) mass is 205 g/mol. The molecule has 0 fully saturated rings. The van der Waals surface area contributed by atoms with Crippen molar-refractivity contribution in [3.63, 3.8) is 0 Å². The molecule has 0 bridgehead atoms. The molecule has 0 atom stereocenters. The van der Waals surface area contributed by atoms with Gasteiger partial charge < -0.3 is 5.84 Å². The van der Waals surface area contributed by atoms with Crippen molar-refractivity contribution in [2.45, 2.75) is 0 Å². The van der Waals surface area contributed by atoms with Crippen LogP contribution in [-0.4, -0.2) is 11.2 Å². The molecule has 3 nitrogen and oxygen atoms in total. The predicted molar refractivity (Wildman–Crippen MR) is 58.5 cm³/mol. The lowest BCUT2D eigenvalue weighted by molar-refractivity contribution is 1.26. The molecule has 0 unspecified atom stereocenters. The number of rotatable bonds is 1. The number of hydrogen-bond acceptors (Lipinski definition) is 3. The Hall–Kier alpha value is -1.61. The summed E-state index contributed by atoms with van der Waals surface area (Å²) < 4.78 is 0. The third-order valence-electron chi connectivity index (χ3n) is 1.94. The Kier molecular flexibility index (Phi) is 2.33. The van der Waals surface area contributed by atoms with Crippen molar-refractivity contribution in [2.24, 2.45) is 10.9 Å². The van der Waals surface area contributed by atoms with Crippen molar-refractivity contribution >= 4 is 28.6 Å². The molecular formula is C10H8ClN3. The van der Waals surface area contributed by atoms with Crippen molar-refractivity contribution in [2.75, 3.05) is 0 Å². The SMILES string of the molecule is NN=Cc1ccc2cc(Cl)ncc2c1. The Bertz CT molecular complexity index is 494. The average Bonchev–Trinajstić information content (AvgIpc) is 2.19. The summed E-state index contributed by atoms with van der Waals surface area (Å²) in [5.41, 5.74) is 0.948. The first-order chi connectivity index (χ1) is 6.79. The average molecular weight is 206 g/mol. The first-order valence-corrected chi connectivity index (χ1v) is 4.46. The third kappa shape index (κ3) is 1.67. The molecule has 4 heteroatoms. The van der Waals surface area contributed by atoms with Crippen LogP contribution in [0.25, 0.3) is 10.8 Å². The predicted octanol–water partition coefficient (Wildman–Crippen LogP) is 2.18. The highest BCUT2D eigenvalue weighted by atomic mass is 35.5. The van der Waals surface area contributed by atoms with E-state index in [2.05, 4.69) is 10.1 Å². The minimum absolute atomic E-state index is 0.498. The molecule has 2 rings (SSSR count). The van der Waals surface area contributed by atoms with Crippen LogP contribution in [0.3, 0.4) is 0 Å². The highest BCUT2D eigenvalue weighted by molar-refractivity contribution is 6.30. The minimum Gasteiger partial charge on any atom is -0.323 e. The normalized spacial score (nSPS) is 11.2. The van der Waals surface area contributed by atoms with Gasteiger partial charge in [0.1, 0.15) is 5.15 Å². The van der Waals surface area contributed by atoms with E-state index in [4.69, 9.17) is 17.4 Å². The van der Waals surface area contributed by atoms with Crippen molar-refractivity contribution in [1.82, 2.24) is 4.98 Å². The van der Waals surface area contributed by atoms with Gasteiger partial charge in [0.2, 0.25) is 0 Å². The van der Waals surface area contributed by atoms with Crippen LogP contribution in [0.1, 0.15) is 5.56 Å². The van der Waals surface area contributed by atoms with Crippen LogP contribution in [0.4, 0.5) is 0 Å². The van der Waals surface area contributed by atoms with E-state index < -0.39 is 0 Å². The molecule has 70 valence electrons. The second kappa shape index (κ2) is 3.64. The Balaban J connectivity index is 2.61. The van der Waals surface area contributed by atoms with Crippen molar-refractivity contribution in [3.05, 3.63) is 41.2 Å². The molecule has 2 N–H and O–H groups in total. The lowest BCUT2D eigenvalue weighted by Crippen LogP contribution is -1.86. The Morgan fingerprint density at radius 3 is 2.93 bits per heavy atom. The van der Waals surface area contributed by atoms with E-state index >= 15 is 0 Å². The van der Waals surface area contributed by atoms with Crippen molar-refractivity contribution in [3.8, 4) is 0 Å². The molecule has 0 saturated heterocycles. The first-order valence-electron chi connectivity index (χ1n) is 4.08. The summed E-state index contributed by atoms with van der Waals surface area (Å²) >= 11 is 5.76. The van der Waals surface area contributed by atoms with Gasteiger partial charge in [-0.1, -0.05) is 23.7 Å². The maximum Gasteiger partial charge on any atom is 0.129 e. The van der Waals surface area contributed by atoms with Gasteiger partial charge in [0, 0.05) is 11.6 Å². The molecule has 1 aromatic carbocycles. The van der Waals surface area contributed by atoms with Gasteiger partial charge in [0.05, 0.1) is 6.21 Å². The highest BCUT2D eigenvalue weighted by Gasteiger charge is 1.96. The zero-order chi connectivity index (χ0) is 9.97. The summed E-state index contributed by atoms with van der Waals surface area (Å²) in [6.45, 7) is 0. The third-order valence-corrected chi connectivity index (χ3v) is 2.14. The van der Waals surface area contributed by atoms with E-state index in [1.807, 2.05) is 24.3 Å². The van der Waals surface area contributed by atoms with E-state index in [1.165, 1.54) is 0 Å². The molecule has 2 aromatic rings. The fraction of sp³-hybridized carbons (Fsp3) is 0. The van der Waals surface area contributed by atoms with Crippen LogP contribution in [-0.2, 0) is 0 Å². The molecule has 0 amide bonds. The lowest BCUT2D eigenvalue weighted by Gasteiger charge is -1.98. The summed E-state index contributed by atoms with van der Waals surface area (Å²) in [6.07, 6.45) is 3.32. The van der Waals surface area contributed by atoms with Gasteiger partial charge in [-0.05, 0) is 23.1 Å². The number of nitrogens with zero attached hydrogens (tertiary/aromatic N) is 2. The van der Waals surface area contributed by atoms with Gasteiger partial charge in [-0.3, -0.25) is 0 Å². The van der Waals surface area contributed by atoms with Crippen molar-refractivity contribution < 1.29 is 0 Å². The summed E-state index contributed by atoms with van der Waals surface area (Å²) in [4.78, 5) is 4.00. The highest BCUT2D eigenvalue weighted by Crippen LogP contribution is 2.17. The molecule has 0 aliphatic carbocycles. The molecule has 0 spiro atoms. The standard InChI is InChI=1S/C10H8ClN3/c11-10-4-8-2-1-7(5-14-12)3-9(8)6-13-10/h1-6H,12H2. The zero-order valence-electron chi connectivity index (χ0n) is 7.31. The lowest BCUT2D eigenvalue weighted by atomic mass is 10.1. The molecular weight excluding hydrogens is 198 g/mol. The second-order valence-corrected chi connectivity index (χ2v) is 3.28. The summed E-state index contributed by atoms with van der Waals surface area (Å²) in [5.74, 6) is 5.06. The number of hydrazone groups is 1. The molecule has 0 saturated carbocycles. The van der Waals surface area contributed by atoms with Gasteiger partial charge in [-0.2, -0.15) is 5.10 Å². The van der Waals surface area contributed by atoms with Crippen molar-refractivity contribution in [1.29, 1.82) is 0 Å². The maximum absolute atomic E-state index is 5.76. The van der Waals surface area contributed by atoms with E-state index in [0.717, 1.165) is 16.3 Å². The molecule has 0 aliphatic rings. The Labute approximate surface area is 86.2 Å². The number of pyridine rings is 1. The molecule has 0 aliphatic heterocycles. The first kappa shape index (κ1) is 8.97. The van der Waals surface area contributed by atoms with E-state index in [-0.39, 0.29) is 0 Å². The number of fused-ring (bicyclic) bond motifs is 1. The maximum atomic E-state index is 5.76. The van der Waals surface area contributed by atoms with Crippen LogP contribution in [0.5, 0.6) is 0 Å². The number of halogens is 1. The van der Waals surface area contributed by atoms with Gasteiger partial charge >= 0.3 is 0 Å². The minimum atomic E-state index is 0.498. The van der Waals surface area contributed by atoms with Crippen LogP contribution in [0.2, 0.25) is 5.15 Å². The summed E-state index contributed by atoms with van der Waals surface area (Å²) in [6, 6.07) is 7.66. The second-order valence-electron chi connectivity index (χ2n) is 2.89. The quantitative estimate of drug-likeness (QED) is 0.336. The Morgan fingerprint density at radius 2 is 2.14 bits per heavy atom. The van der Waals surface area contributed by atoms with Gasteiger partial charge in [0.25, 0.3) is 0 Å². The van der Waals surface area contributed by atoms with E-state index in [9.17, 15) is 0 Å². The van der Waals surface area contributed by atoms with Crippen LogP contribution in [0.15, 0.2) is 35.6 Å². The topological polar surface area (TPSA) is 51.3 Å². The van der Waals surface area contributed by atoms with E-state index in [0.29, 0.717) is 5.15 Å². The molecule has 1 aromatic heterocycles. The summed E-state index contributed by atoms with van der Waals surface area (Å²) in [5, 5.41) is 6.03. The number of hydrogen-bond donors (Lipinski definition) is 1. The number of benzene rings is 1. The van der Waals surface area contributed by atoms with Crippen LogP contribution < -0.4 is 5.84 Å². The molecule has 0 radical (unpaired) electrons. The molecule has 14 heavy (non-hydrogen) atoms. The zero-order valence-corrected chi connectivity index (χ0v) is 8.07. The van der Waals surface area contributed by atoms with E-state index in [1.54, 1.807) is 12.4 Å². The number of aromatic nitrogens is 1. The van der Waals surface area contributed by atoms with Crippen LogP contribution >= 0.6 is 11.6 Å². The fourth-order valence-electron chi connectivity index (χ4n) is 1.30. The largest absolute Gasteiger partial charge is 0.323 e.